The first-order chi connectivity index (χ1) is 6.06. The number of ether oxygens (including phenoxy) is 1. The summed E-state index contributed by atoms with van der Waals surface area (Å²) >= 11 is 0. The van der Waals surface area contributed by atoms with Crippen LogP contribution in [0.15, 0.2) is 0 Å². The summed E-state index contributed by atoms with van der Waals surface area (Å²) in [6.45, 7) is 4.38. The van der Waals surface area contributed by atoms with Gasteiger partial charge in [-0.2, -0.15) is 0 Å². The first kappa shape index (κ1) is 12.4. The molecule has 2 N–H and O–H groups in total. The van der Waals surface area contributed by atoms with E-state index in [0.29, 0.717) is 12.8 Å². The molecule has 0 aliphatic rings. The Morgan fingerprint density at radius 1 is 1.54 bits per heavy atom. The summed E-state index contributed by atoms with van der Waals surface area (Å²) in [4.78, 5) is 10.8. The van der Waals surface area contributed by atoms with E-state index in [4.69, 9.17) is 5.11 Å². The predicted octanol–water partition coefficient (Wildman–Crippen LogP) is 0.299. The molecule has 0 saturated carbocycles. The number of aliphatic hydroxyl groups is 1. The summed E-state index contributed by atoms with van der Waals surface area (Å²) < 4.78 is 4.52. The van der Waals surface area contributed by atoms with E-state index < -0.39 is 0 Å². The maximum absolute atomic E-state index is 10.8. The number of carbonyl (C=O) groups is 1. The van der Waals surface area contributed by atoms with Gasteiger partial charge in [0.05, 0.1) is 19.6 Å². The number of hydrogen-bond acceptors (Lipinski definition) is 4. The normalized spacial score (nSPS) is 15.1. The molecule has 0 saturated heterocycles. The smallest absolute Gasteiger partial charge is 0.307 e. The van der Waals surface area contributed by atoms with E-state index in [1.807, 2.05) is 6.92 Å². The number of esters is 1. The molecule has 0 fully saturated rings. The van der Waals surface area contributed by atoms with Crippen LogP contribution in [0.3, 0.4) is 0 Å². The molecule has 0 aromatic heterocycles. The second-order valence-electron chi connectivity index (χ2n) is 3.27. The van der Waals surface area contributed by atoms with Gasteiger partial charge in [0.2, 0.25) is 0 Å². The molecule has 0 aliphatic carbocycles. The Balaban J connectivity index is 3.40. The lowest BCUT2D eigenvalue weighted by Crippen LogP contribution is -2.31. The Morgan fingerprint density at radius 3 is 2.62 bits per heavy atom. The highest BCUT2D eigenvalue weighted by molar-refractivity contribution is 5.69. The number of methoxy groups -OCH3 is 1. The van der Waals surface area contributed by atoms with Gasteiger partial charge in [0.15, 0.2) is 0 Å². The first-order valence-corrected chi connectivity index (χ1v) is 4.54. The van der Waals surface area contributed by atoms with Crippen molar-refractivity contribution in [1.82, 2.24) is 5.32 Å². The topological polar surface area (TPSA) is 58.6 Å². The van der Waals surface area contributed by atoms with E-state index in [9.17, 15) is 4.79 Å². The van der Waals surface area contributed by atoms with Crippen molar-refractivity contribution in [3.63, 3.8) is 0 Å². The van der Waals surface area contributed by atoms with Crippen molar-refractivity contribution >= 4 is 5.97 Å². The summed E-state index contributed by atoms with van der Waals surface area (Å²) in [7, 11) is 1.38. The van der Waals surface area contributed by atoms with Crippen LogP contribution < -0.4 is 5.32 Å². The zero-order valence-electron chi connectivity index (χ0n) is 8.54. The van der Waals surface area contributed by atoms with Crippen molar-refractivity contribution in [2.45, 2.75) is 38.8 Å². The van der Waals surface area contributed by atoms with Gasteiger partial charge in [0.1, 0.15) is 0 Å². The van der Waals surface area contributed by atoms with E-state index in [-0.39, 0.29) is 18.1 Å². The Morgan fingerprint density at radius 2 is 2.15 bits per heavy atom. The molecule has 0 spiro atoms. The second-order valence-corrected chi connectivity index (χ2v) is 3.27. The number of carbonyl (C=O) groups excluding carboxylic acids is 1. The molecule has 0 aliphatic heterocycles. The lowest BCUT2D eigenvalue weighted by Gasteiger charge is -2.12. The maximum Gasteiger partial charge on any atom is 0.307 e. The lowest BCUT2D eigenvalue weighted by atomic mass is 10.2. The molecule has 13 heavy (non-hydrogen) atoms. The van der Waals surface area contributed by atoms with Gasteiger partial charge in [0, 0.05) is 6.04 Å². The molecule has 0 bridgehead atoms. The van der Waals surface area contributed by atoms with Crippen LogP contribution >= 0.6 is 0 Å². The van der Waals surface area contributed by atoms with Crippen LogP contribution in [0, 0.1) is 0 Å². The zero-order valence-corrected chi connectivity index (χ0v) is 8.54. The molecule has 0 aromatic carbocycles. The minimum atomic E-state index is -0.294. The number of hydrogen-bond donors (Lipinski definition) is 2. The van der Waals surface area contributed by atoms with Crippen LogP contribution in [0.4, 0.5) is 0 Å². The van der Waals surface area contributed by atoms with Crippen LogP contribution in [-0.2, 0) is 9.53 Å². The van der Waals surface area contributed by atoms with Crippen molar-refractivity contribution in [3.05, 3.63) is 0 Å². The van der Waals surface area contributed by atoms with Gasteiger partial charge in [-0.25, -0.2) is 0 Å². The third kappa shape index (κ3) is 7.74. The fourth-order valence-corrected chi connectivity index (χ4v) is 0.944. The van der Waals surface area contributed by atoms with Gasteiger partial charge in [-0.3, -0.25) is 4.79 Å². The number of nitrogens with one attached hydrogen (secondary N) is 1. The average molecular weight is 189 g/mol. The maximum atomic E-state index is 10.8. The van der Waals surface area contributed by atoms with E-state index >= 15 is 0 Å². The fraction of sp³-hybridized carbons (Fsp3) is 0.889. The van der Waals surface area contributed by atoms with E-state index in [1.165, 1.54) is 7.11 Å². The highest BCUT2D eigenvalue weighted by Crippen LogP contribution is 1.94. The Kier molecular flexibility index (Phi) is 6.54. The van der Waals surface area contributed by atoms with Crippen molar-refractivity contribution < 1.29 is 14.6 Å². The predicted molar refractivity (Wildman–Crippen MR) is 50.4 cm³/mol. The van der Waals surface area contributed by atoms with Crippen molar-refractivity contribution in [2.24, 2.45) is 0 Å². The molecule has 78 valence electrons. The van der Waals surface area contributed by atoms with Crippen molar-refractivity contribution in [2.75, 3.05) is 13.7 Å². The molecular weight excluding hydrogens is 170 g/mol. The monoisotopic (exact) mass is 189 g/mol. The van der Waals surface area contributed by atoms with Crippen molar-refractivity contribution in [1.29, 1.82) is 0 Å². The van der Waals surface area contributed by atoms with Crippen LogP contribution in [0.2, 0.25) is 0 Å². The first-order valence-electron chi connectivity index (χ1n) is 4.54. The fourth-order valence-electron chi connectivity index (χ4n) is 0.944. The molecule has 0 aromatic rings. The van der Waals surface area contributed by atoms with Gasteiger partial charge >= 0.3 is 5.97 Å². The third-order valence-corrected chi connectivity index (χ3v) is 1.76. The standard InChI is InChI=1S/C9H19NO3/c1-7(6-9(12)13-3)10-5-4-8(2)11/h7-8,10-11H,4-6H2,1-3H3. The van der Waals surface area contributed by atoms with E-state index in [2.05, 4.69) is 10.1 Å². The average Bonchev–Trinajstić information content (AvgIpc) is 2.03. The number of aliphatic hydroxyl groups excluding tert-OH is 1. The zero-order chi connectivity index (χ0) is 10.3. The molecule has 4 heteroatoms. The van der Waals surface area contributed by atoms with Gasteiger partial charge in [-0.1, -0.05) is 0 Å². The largest absolute Gasteiger partial charge is 0.469 e. The molecule has 0 rings (SSSR count). The van der Waals surface area contributed by atoms with Crippen LogP contribution in [0.5, 0.6) is 0 Å². The van der Waals surface area contributed by atoms with Gasteiger partial charge in [-0.15, -0.1) is 0 Å². The molecule has 0 radical (unpaired) electrons. The SMILES string of the molecule is COC(=O)CC(C)NCCC(C)O. The quantitative estimate of drug-likeness (QED) is 0.590. The Hall–Kier alpha value is -0.610. The van der Waals surface area contributed by atoms with Crippen LogP contribution in [-0.4, -0.2) is 36.9 Å². The van der Waals surface area contributed by atoms with Gasteiger partial charge in [0.25, 0.3) is 0 Å². The number of rotatable bonds is 6. The molecule has 2 unspecified atom stereocenters. The van der Waals surface area contributed by atoms with Gasteiger partial charge in [-0.05, 0) is 26.8 Å². The summed E-state index contributed by atoms with van der Waals surface area (Å²) in [5.41, 5.74) is 0. The summed E-state index contributed by atoms with van der Waals surface area (Å²) in [6, 6.07) is 0.103. The summed E-state index contributed by atoms with van der Waals surface area (Å²) in [5, 5.41) is 12.1. The highest BCUT2D eigenvalue weighted by Gasteiger charge is 2.07. The van der Waals surface area contributed by atoms with E-state index in [0.717, 1.165) is 6.54 Å². The van der Waals surface area contributed by atoms with Crippen LogP contribution in [0.1, 0.15) is 26.7 Å². The molecule has 4 nitrogen and oxygen atoms in total. The lowest BCUT2D eigenvalue weighted by molar-refractivity contribution is -0.141. The molecular formula is C9H19NO3. The Labute approximate surface area is 79.3 Å². The van der Waals surface area contributed by atoms with Crippen LogP contribution in [0.25, 0.3) is 0 Å². The van der Waals surface area contributed by atoms with Crippen molar-refractivity contribution in [3.8, 4) is 0 Å². The van der Waals surface area contributed by atoms with Gasteiger partial charge < -0.3 is 15.2 Å². The minimum absolute atomic E-state index is 0.103. The highest BCUT2D eigenvalue weighted by atomic mass is 16.5. The second kappa shape index (κ2) is 6.86. The molecule has 0 heterocycles. The Bertz CT molecular complexity index is 148. The minimum Gasteiger partial charge on any atom is -0.469 e. The third-order valence-electron chi connectivity index (χ3n) is 1.76. The summed E-state index contributed by atoms with van der Waals surface area (Å²) in [6.07, 6.45) is 0.778. The summed E-state index contributed by atoms with van der Waals surface area (Å²) in [5.74, 6) is -0.211. The molecule has 0 amide bonds. The van der Waals surface area contributed by atoms with E-state index in [1.54, 1.807) is 6.92 Å². The molecule has 2 atom stereocenters.